The molecule has 0 aromatic heterocycles. The molecule has 0 bridgehead atoms. The van der Waals surface area contributed by atoms with E-state index in [1.807, 2.05) is 0 Å². The van der Waals surface area contributed by atoms with Gasteiger partial charge in [-0.25, -0.2) is 8.42 Å². The van der Waals surface area contributed by atoms with E-state index in [1.165, 1.54) is 6.26 Å². The van der Waals surface area contributed by atoms with E-state index >= 15 is 0 Å². The lowest BCUT2D eigenvalue weighted by molar-refractivity contribution is 0.149. The van der Waals surface area contributed by atoms with E-state index < -0.39 is 9.84 Å². The molecule has 0 spiro atoms. The number of methoxy groups -OCH3 is 1. The summed E-state index contributed by atoms with van der Waals surface area (Å²) >= 11 is 0. The van der Waals surface area contributed by atoms with Gasteiger partial charge in [0, 0.05) is 26.0 Å². The van der Waals surface area contributed by atoms with Crippen molar-refractivity contribution in [3.05, 3.63) is 0 Å². The molecule has 0 heterocycles. The molecular weight excluding hydrogens is 218 g/mol. The Hall–Kier alpha value is -0.170. The van der Waals surface area contributed by atoms with Gasteiger partial charge in [0.1, 0.15) is 9.84 Å². The summed E-state index contributed by atoms with van der Waals surface area (Å²) < 4.78 is 26.6. The van der Waals surface area contributed by atoms with Crippen LogP contribution in [0.2, 0.25) is 0 Å². The molecule has 0 aromatic carbocycles. The Morgan fingerprint density at radius 3 is 2.60 bits per heavy atom. The number of hydrogen-bond donors (Lipinski definition) is 2. The highest BCUT2D eigenvalue weighted by atomic mass is 32.2. The van der Waals surface area contributed by atoms with Gasteiger partial charge in [-0.2, -0.15) is 0 Å². The van der Waals surface area contributed by atoms with Crippen LogP contribution in [0.3, 0.4) is 0 Å². The van der Waals surface area contributed by atoms with E-state index in [0.717, 1.165) is 0 Å². The number of hydrogen-bond acceptors (Lipinski definition) is 5. The van der Waals surface area contributed by atoms with Crippen LogP contribution in [0.25, 0.3) is 0 Å². The van der Waals surface area contributed by atoms with E-state index in [1.54, 1.807) is 7.11 Å². The Morgan fingerprint density at radius 1 is 1.47 bits per heavy atom. The average molecular weight is 239 g/mol. The van der Waals surface area contributed by atoms with Crippen LogP contribution in [0.4, 0.5) is 0 Å². The first-order chi connectivity index (χ1) is 6.99. The molecule has 0 rings (SSSR count). The lowest BCUT2D eigenvalue weighted by Crippen LogP contribution is -2.35. The molecule has 0 radical (unpaired) electrons. The fraction of sp³-hybridized carbons (Fsp3) is 1.00. The number of rotatable bonds is 9. The maximum Gasteiger partial charge on any atom is 0.147 e. The maximum atomic E-state index is 10.8. The van der Waals surface area contributed by atoms with Crippen molar-refractivity contribution in [2.45, 2.75) is 18.9 Å². The monoisotopic (exact) mass is 239 g/mol. The van der Waals surface area contributed by atoms with Crippen LogP contribution in [-0.2, 0) is 14.6 Å². The number of aliphatic hydroxyl groups is 1. The van der Waals surface area contributed by atoms with Crippen molar-refractivity contribution in [3.8, 4) is 0 Å². The molecule has 5 nitrogen and oxygen atoms in total. The van der Waals surface area contributed by atoms with Crippen LogP contribution in [-0.4, -0.2) is 58.4 Å². The summed E-state index contributed by atoms with van der Waals surface area (Å²) in [6.45, 7) is 1.26. The van der Waals surface area contributed by atoms with Gasteiger partial charge in [-0.3, -0.25) is 0 Å². The number of ether oxygens (including phenoxy) is 1. The van der Waals surface area contributed by atoms with Gasteiger partial charge >= 0.3 is 0 Å². The van der Waals surface area contributed by atoms with Crippen LogP contribution < -0.4 is 5.32 Å². The van der Waals surface area contributed by atoms with Crippen molar-refractivity contribution < 1.29 is 18.3 Å². The highest BCUT2D eigenvalue weighted by Gasteiger charge is 2.07. The molecule has 0 saturated heterocycles. The second kappa shape index (κ2) is 8.04. The van der Waals surface area contributed by atoms with Gasteiger partial charge in [-0.15, -0.1) is 0 Å². The van der Waals surface area contributed by atoms with Crippen LogP contribution in [0, 0.1) is 0 Å². The third-order valence-corrected chi connectivity index (χ3v) is 3.00. The summed E-state index contributed by atoms with van der Waals surface area (Å²) in [6.07, 6.45) is 2.44. The zero-order valence-corrected chi connectivity index (χ0v) is 10.2. The minimum Gasteiger partial charge on any atom is -0.396 e. The second-order valence-electron chi connectivity index (χ2n) is 3.60. The number of sulfone groups is 1. The van der Waals surface area contributed by atoms with Crippen LogP contribution in [0.1, 0.15) is 12.8 Å². The quantitative estimate of drug-likeness (QED) is 0.526. The summed E-state index contributed by atoms with van der Waals surface area (Å²) in [4.78, 5) is 0. The van der Waals surface area contributed by atoms with E-state index in [9.17, 15) is 8.42 Å². The third kappa shape index (κ3) is 10.1. The fourth-order valence-electron chi connectivity index (χ4n) is 1.24. The molecular formula is C9H21NO4S. The first kappa shape index (κ1) is 14.8. The van der Waals surface area contributed by atoms with Crippen molar-refractivity contribution >= 4 is 9.84 Å². The standard InChI is InChI=1S/C9H21NO4S/c1-14-8-9(4-6-11)10-5-3-7-15(2,12)13/h9-11H,3-8H2,1-2H3. The molecule has 1 atom stereocenters. The van der Waals surface area contributed by atoms with Gasteiger partial charge in [0.25, 0.3) is 0 Å². The SMILES string of the molecule is COCC(CCO)NCCCS(C)(=O)=O. The lowest BCUT2D eigenvalue weighted by atomic mass is 10.2. The molecule has 0 saturated carbocycles. The van der Waals surface area contributed by atoms with Crippen molar-refractivity contribution in [1.82, 2.24) is 5.32 Å². The molecule has 1 unspecified atom stereocenters. The van der Waals surface area contributed by atoms with Gasteiger partial charge < -0.3 is 15.2 Å². The summed E-state index contributed by atoms with van der Waals surface area (Å²) in [5.74, 6) is 0.193. The predicted molar refractivity (Wildman–Crippen MR) is 59.7 cm³/mol. The Morgan fingerprint density at radius 2 is 2.13 bits per heavy atom. The maximum absolute atomic E-state index is 10.8. The van der Waals surface area contributed by atoms with Crippen molar-refractivity contribution in [1.29, 1.82) is 0 Å². The summed E-state index contributed by atoms with van der Waals surface area (Å²) in [5.41, 5.74) is 0. The highest BCUT2D eigenvalue weighted by Crippen LogP contribution is 1.93. The molecule has 0 fully saturated rings. The zero-order chi connectivity index (χ0) is 11.7. The van der Waals surface area contributed by atoms with Crippen molar-refractivity contribution in [3.63, 3.8) is 0 Å². The molecule has 0 aliphatic carbocycles. The normalized spacial score (nSPS) is 14.1. The van der Waals surface area contributed by atoms with Gasteiger partial charge in [-0.1, -0.05) is 0 Å². The molecule has 15 heavy (non-hydrogen) atoms. The Bertz CT molecular complexity index is 234. The minimum atomic E-state index is -2.87. The smallest absolute Gasteiger partial charge is 0.147 e. The summed E-state index contributed by atoms with van der Waals surface area (Å²) in [7, 11) is -1.27. The van der Waals surface area contributed by atoms with E-state index in [0.29, 0.717) is 26.0 Å². The highest BCUT2D eigenvalue weighted by molar-refractivity contribution is 7.90. The second-order valence-corrected chi connectivity index (χ2v) is 5.86. The largest absolute Gasteiger partial charge is 0.396 e. The molecule has 6 heteroatoms. The summed E-state index contributed by atoms with van der Waals surface area (Å²) in [6, 6.07) is 0.0968. The zero-order valence-electron chi connectivity index (χ0n) is 9.40. The van der Waals surface area contributed by atoms with E-state index in [2.05, 4.69) is 5.32 Å². The molecule has 2 N–H and O–H groups in total. The molecule has 92 valence electrons. The van der Waals surface area contributed by atoms with Crippen molar-refractivity contribution in [2.24, 2.45) is 0 Å². The van der Waals surface area contributed by atoms with Crippen LogP contribution in [0.5, 0.6) is 0 Å². The number of aliphatic hydroxyl groups excluding tert-OH is 1. The van der Waals surface area contributed by atoms with Crippen molar-refractivity contribution in [2.75, 3.05) is 38.9 Å². The van der Waals surface area contributed by atoms with E-state index in [4.69, 9.17) is 9.84 Å². The average Bonchev–Trinajstić information content (AvgIpc) is 2.11. The Kier molecular flexibility index (Phi) is 7.95. The van der Waals surface area contributed by atoms with Gasteiger partial charge in [0.05, 0.1) is 12.4 Å². The lowest BCUT2D eigenvalue weighted by Gasteiger charge is -2.16. The van der Waals surface area contributed by atoms with E-state index in [-0.39, 0.29) is 18.4 Å². The molecule has 0 amide bonds. The fourth-order valence-corrected chi connectivity index (χ4v) is 1.91. The first-order valence-electron chi connectivity index (χ1n) is 5.00. The number of nitrogens with one attached hydrogen (secondary N) is 1. The Labute approximate surface area is 91.7 Å². The molecule has 0 aliphatic rings. The molecule has 0 aliphatic heterocycles. The first-order valence-corrected chi connectivity index (χ1v) is 7.06. The van der Waals surface area contributed by atoms with Crippen LogP contribution >= 0.6 is 0 Å². The third-order valence-electron chi connectivity index (χ3n) is 1.97. The van der Waals surface area contributed by atoms with Gasteiger partial charge in [-0.05, 0) is 19.4 Å². The van der Waals surface area contributed by atoms with Gasteiger partial charge in [0.2, 0.25) is 0 Å². The van der Waals surface area contributed by atoms with Crippen LogP contribution in [0.15, 0.2) is 0 Å². The minimum absolute atomic E-state index is 0.0968. The van der Waals surface area contributed by atoms with Gasteiger partial charge in [0.15, 0.2) is 0 Å². The topological polar surface area (TPSA) is 75.6 Å². The summed E-state index contributed by atoms with van der Waals surface area (Å²) in [5, 5.41) is 11.9. The predicted octanol–water partition coefficient (Wildman–Crippen LogP) is -0.592. The molecule has 0 aromatic rings. The Balaban J connectivity index is 3.61.